The number of esters is 4. The smallest absolute Gasteiger partial charge is 0.325 e. The first-order valence-corrected chi connectivity index (χ1v) is 14.7. The first-order chi connectivity index (χ1) is 21.6. The molecule has 0 saturated carbocycles. The van der Waals surface area contributed by atoms with E-state index in [1.807, 2.05) is 13.0 Å². The predicted molar refractivity (Wildman–Crippen MR) is 165 cm³/mol. The van der Waals surface area contributed by atoms with E-state index in [9.17, 15) is 24.0 Å². The number of hydrogen-bond acceptors (Lipinski definition) is 13. The second kappa shape index (κ2) is 19.5. The quantitative estimate of drug-likeness (QED) is 0.0914. The summed E-state index contributed by atoms with van der Waals surface area (Å²) in [5.41, 5.74) is 2.03. The van der Waals surface area contributed by atoms with Gasteiger partial charge in [0.1, 0.15) is 57.2 Å². The number of hydrogen-bond donors (Lipinski definition) is 0. The molecule has 0 spiro atoms. The van der Waals surface area contributed by atoms with Crippen LogP contribution in [-0.4, -0.2) is 96.0 Å². The average molecular weight is 631 g/mol. The van der Waals surface area contributed by atoms with Gasteiger partial charge in [0.25, 0.3) is 0 Å². The lowest BCUT2D eigenvalue weighted by Crippen LogP contribution is -2.36. The highest BCUT2D eigenvalue weighted by molar-refractivity contribution is 5.85. The monoisotopic (exact) mass is 630 g/mol. The molecule has 0 fully saturated rings. The zero-order valence-corrected chi connectivity index (χ0v) is 26.5. The number of aldehydes is 1. The van der Waals surface area contributed by atoms with E-state index in [2.05, 4.69) is 0 Å². The molecule has 0 amide bonds. The Kier molecular flexibility index (Phi) is 15.7. The number of carbonyl (C=O) groups excluding carboxylic acids is 5. The van der Waals surface area contributed by atoms with Gasteiger partial charge in [-0.25, -0.2) is 0 Å². The van der Waals surface area contributed by atoms with Gasteiger partial charge in [-0.15, -0.1) is 0 Å². The Morgan fingerprint density at radius 1 is 0.600 bits per heavy atom. The van der Waals surface area contributed by atoms with Crippen LogP contribution in [0.2, 0.25) is 0 Å². The van der Waals surface area contributed by atoms with Crippen LogP contribution < -0.4 is 19.3 Å². The van der Waals surface area contributed by atoms with E-state index in [1.165, 1.54) is 21.9 Å². The van der Waals surface area contributed by atoms with Gasteiger partial charge < -0.3 is 38.2 Å². The van der Waals surface area contributed by atoms with Crippen molar-refractivity contribution in [1.82, 2.24) is 0 Å². The Labute approximate surface area is 263 Å². The topological polar surface area (TPSA) is 147 Å². The van der Waals surface area contributed by atoms with Crippen molar-refractivity contribution in [1.29, 1.82) is 0 Å². The molecule has 0 aromatic heterocycles. The van der Waals surface area contributed by atoms with Gasteiger partial charge in [-0.05, 0) is 70.5 Å². The fraction of sp³-hybridized carbons (Fsp3) is 0.469. The fourth-order valence-electron chi connectivity index (χ4n) is 4.18. The van der Waals surface area contributed by atoms with Crippen LogP contribution in [0, 0.1) is 6.92 Å². The van der Waals surface area contributed by atoms with Crippen molar-refractivity contribution in [3.05, 3.63) is 47.5 Å². The van der Waals surface area contributed by atoms with Gasteiger partial charge in [-0.3, -0.25) is 24.0 Å². The number of benzene rings is 2. The van der Waals surface area contributed by atoms with Gasteiger partial charge in [-0.2, -0.15) is 0 Å². The van der Waals surface area contributed by atoms with E-state index in [4.69, 9.17) is 28.4 Å². The van der Waals surface area contributed by atoms with Crippen LogP contribution in [0.5, 0.6) is 11.5 Å². The number of anilines is 2. The van der Waals surface area contributed by atoms with E-state index >= 15 is 0 Å². The third-order valence-corrected chi connectivity index (χ3v) is 6.02. The van der Waals surface area contributed by atoms with Gasteiger partial charge in [0.15, 0.2) is 0 Å². The molecule has 2 aromatic rings. The molecule has 45 heavy (non-hydrogen) atoms. The summed E-state index contributed by atoms with van der Waals surface area (Å²) in [7, 11) is 0. The number of nitrogens with zero attached hydrogens (tertiary/aromatic N) is 2. The van der Waals surface area contributed by atoms with E-state index in [1.54, 1.807) is 45.9 Å². The summed E-state index contributed by atoms with van der Waals surface area (Å²) in [5.74, 6) is -1.54. The molecule has 0 aliphatic rings. The van der Waals surface area contributed by atoms with Crippen LogP contribution in [-0.2, 0) is 38.1 Å². The first kappa shape index (κ1) is 36.4. The van der Waals surface area contributed by atoms with Crippen LogP contribution in [0.1, 0.15) is 43.6 Å². The maximum atomic E-state index is 12.3. The molecule has 0 heterocycles. The van der Waals surface area contributed by atoms with Gasteiger partial charge in [0.2, 0.25) is 0 Å². The van der Waals surface area contributed by atoms with Crippen LogP contribution in [0.15, 0.2) is 36.4 Å². The van der Waals surface area contributed by atoms with Crippen molar-refractivity contribution in [2.45, 2.75) is 34.6 Å². The lowest BCUT2D eigenvalue weighted by atomic mass is 10.2. The summed E-state index contributed by atoms with van der Waals surface area (Å²) in [6.07, 6.45) is 0.648. The Balaban J connectivity index is 2.29. The van der Waals surface area contributed by atoms with Crippen molar-refractivity contribution >= 4 is 41.5 Å². The first-order valence-electron chi connectivity index (χ1n) is 14.7. The number of rotatable bonds is 20. The molecule has 0 atom stereocenters. The lowest BCUT2D eigenvalue weighted by Gasteiger charge is -2.26. The minimum atomic E-state index is -0.558. The van der Waals surface area contributed by atoms with Crippen molar-refractivity contribution in [2.75, 3.05) is 75.6 Å². The minimum absolute atomic E-state index is 0.00883. The van der Waals surface area contributed by atoms with Gasteiger partial charge in [-0.1, -0.05) is 6.07 Å². The molecule has 13 heteroatoms. The van der Waals surface area contributed by atoms with Crippen molar-refractivity contribution in [3.63, 3.8) is 0 Å². The molecule has 13 nitrogen and oxygen atoms in total. The zero-order chi connectivity index (χ0) is 33.2. The van der Waals surface area contributed by atoms with Gasteiger partial charge in [0, 0.05) is 5.56 Å². The Morgan fingerprint density at radius 3 is 1.36 bits per heavy atom. The maximum Gasteiger partial charge on any atom is 0.325 e. The lowest BCUT2D eigenvalue weighted by molar-refractivity contribution is -0.144. The van der Waals surface area contributed by atoms with E-state index < -0.39 is 23.9 Å². The van der Waals surface area contributed by atoms with Crippen LogP contribution in [0.3, 0.4) is 0 Å². The minimum Gasteiger partial charge on any atom is -0.488 e. The highest BCUT2D eigenvalue weighted by Gasteiger charge is 2.22. The summed E-state index contributed by atoms with van der Waals surface area (Å²) in [5, 5.41) is 0. The largest absolute Gasteiger partial charge is 0.488 e. The molecule has 0 radical (unpaired) electrons. The molecule has 2 aromatic carbocycles. The summed E-state index contributed by atoms with van der Waals surface area (Å²) >= 11 is 0. The average Bonchev–Trinajstić information content (AvgIpc) is 2.99. The molecule has 0 bridgehead atoms. The summed E-state index contributed by atoms with van der Waals surface area (Å²) in [6.45, 7) is 8.37. The highest BCUT2D eigenvalue weighted by Crippen LogP contribution is 2.31. The van der Waals surface area contributed by atoms with Gasteiger partial charge >= 0.3 is 23.9 Å². The number of carbonyl (C=O) groups is 5. The predicted octanol–water partition coefficient (Wildman–Crippen LogP) is 3.13. The van der Waals surface area contributed by atoms with E-state index in [-0.39, 0.29) is 71.6 Å². The zero-order valence-electron chi connectivity index (χ0n) is 26.5. The Bertz CT molecular complexity index is 1260. The molecular weight excluding hydrogens is 588 g/mol. The molecule has 0 saturated heterocycles. The summed E-state index contributed by atoms with van der Waals surface area (Å²) in [6, 6.07) is 9.91. The van der Waals surface area contributed by atoms with Crippen LogP contribution in [0.4, 0.5) is 11.4 Å². The Morgan fingerprint density at radius 2 is 0.978 bits per heavy atom. The molecule has 0 N–H and O–H groups in total. The van der Waals surface area contributed by atoms with Crippen LogP contribution in [0.25, 0.3) is 0 Å². The number of aryl methyl sites for hydroxylation is 1. The SMILES string of the molecule is CCOC(=O)CN(CC(=O)OCC)c1ccc(C)cc1OCCOc1cc(C=O)ccc1N(CC(=O)OCC)CC(=O)OCC. The summed E-state index contributed by atoms with van der Waals surface area (Å²) in [4.78, 5) is 63.9. The summed E-state index contributed by atoms with van der Waals surface area (Å²) < 4.78 is 32.4. The molecule has 0 aliphatic heterocycles. The van der Waals surface area contributed by atoms with Gasteiger partial charge in [0.05, 0.1) is 37.8 Å². The van der Waals surface area contributed by atoms with Crippen molar-refractivity contribution < 1.29 is 52.4 Å². The van der Waals surface area contributed by atoms with E-state index in [0.29, 0.717) is 29.0 Å². The van der Waals surface area contributed by atoms with Crippen molar-refractivity contribution in [3.8, 4) is 11.5 Å². The molecule has 246 valence electrons. The normalized spacial score (nSPS) is 10.3. The second-order valence-corrected chi connectivity index (χ2v) is 9.45. The van der Waals surface area contributed by atoms with E-state index in [0.717, 1.165) is 5.56 Å². The maximum absolute atomic E-state index is 12.3. The molecule has 2 rings (SSSR count). The standard InChI is InChI=1S/C32H42N2O11/c1-6-40-29(36)18-33(19-30(37)41-7-2)25-12-10-23(5)16-27(25)44-14-15-45-28-17-24(22-35)11-13-26(28)34(20-31(38)42-8-3)21-32(39)43-9-4/h10-13,16-17,22H,6-9,14-15,18-21H2,1-5H3. The third-order valence-electron chi connectivity index (χ3n) is 6.02. The molecule has 0 aliphatic carbocycles. The Hall–Kier alpha value is -4.81. The van der Waals surface area contributed by atoms with Crippen molar-refractivity contribution in [2.24, 2.45) is 0 Å². The highest BCUT2D eigenvalue weighted by atomic mass is 16.5. The molecule has 0 unspecified atom stereocenters. The van der Waals surface area contributed by atoms with Crippen LogP contribution >= 0.6 is 0 Å². The third kappa shape index (κ3) is 12.4. The molecular formula is C32H42N2O11. The number of ether oxygens (including phenoxy) is 6. The second-order valence-electron chi connectivity index (χ2n) is 9.45. The fourth-order valence-corrected chi connectivity index (χ4v) is 4.18.